The fourth-order valence-corrected chi connectivity index (χ4v) is 2.80. The standard InChI is InChI=1S/C13H17Cl2NO/c14-12-4-3-11(13(15)6-12)8-16-5-1-2-10(7-16)9-17/h3-4,6,10,17H,1-2,5,7-9H2/t10-/m0/s1. The van der Waals surface area contributed by atoms with Crippen LogP contribution in [0.25, 0.3) is 0 Å². The summed E-state index contributed by atoms with van der Waals surface area (Å²) in [7, 11) is 0. The first kappa shape index (κ1) is 13.2. The number of nitrogens with zero attached hydrogens (tertiary/aromatic N) is 1. The van der Waals surface area contributed by atoms with Gasteiger partial charge in [0.1, 0.15) is 0 Å². The topological polar surface area (TPSA) is 23.5 Å². The van der Waals surface area contributed by atoms with Crippen molar-refractivity contribution in [3.63, 3.8) is 0 Å². The molecule has 1 aromatic rings. The highest BCUT2D eigenvalue weighted by atomic mass is 35.5. The fourth-order valence-electron chi connectivity index (χ4n) is 2.33. The summed E-state index contributed by atoms with van der Waals surface area (Å²) in [6.45, 7) is 3.16. The summed E-state index contributed by atoms with van der Waals surface area (Å²) in [6, 6.07) is 5.63. The first-order valence-electron chi connectivity index (χ1n) is 5.96. The van der Waals surface area contributed by atoms with Crippen LogP contribution < -0.4 is 0 Å². The Kier molecular flexibility index (Phi) is 4.69. The molecule has 1 aliphatic heterocycles. The average molecular weight is 274 g/mol. The molecule has 0 amide bonds. The molecule has 0 radical (unpaired) electrons. The number of aliphatic hydroxyl groups excluding tert-OH is 1. The van der Waals surface area contributed by atoms with Crippen LogP contribution in [-0.2, 0) is 6.54 Å². The number of likely N-dealkylation sites (tertiary alicyclic amines) is 1. The predicted octanol–water partition coefficient (Wildman–Crippen LogP) is 3.20. The molecule has 1 heterocycles. The second kappa shape index (κ2) is 6.05. The van der Waals surface area contributed by atoms with Crippen LogP contribution in [0.5, 0.6) is 0 Å². The number of piperidine rings is 1. The lowest BCUT2D eigenvalue weighted by Crippen LogP contribution is -2.36. The summed E-state index contributed by atoms with van der Waals surface area (Å²) in [5, 5.41) is 10.6. The van der Waals surface area contributed by atoms with E-state index in [4.69, 9.17) is 23.2 Å². The van der Waals surface area contributed by atoms with Gasteiger partial charge in [-0.05, 0) is 43.0 Å². The maximum absolute atomic E-state index is 9.20. The molecule has 0 spiro atoms. The van der Waals surface area contributed by atoms with Crippen LogP contribution in [0.2, 0.25) is 10.0 Å². The van der Waals surface area contributed by atoms with Crippen molar-refractivity contribution >= 4 is 23.2 Å². The van der Waals surface area contributed by atoms with E-state index in [9.17, 15) is 5.11 Å². The molecule has 4 heteroatoms. The number of aliphatic hydroxyl groups is 1. The molecule has 94 valence electrons. The van der Waals surface area contributed by atoms with E-state index in [1.165, 1.54) is 0 Å². The van der Waals surface area contributed by atoms with Crippen LogP contribution in [0.1, 0.15) is 18.4 Å². The lowest BCUT2D eigenvalue weighted by atomic mass is 9.98. The van der Waals surface area contributed by atoms with Crippen LogP contribution in [0, 0.1) is 5.92 Å². The lowest BCUT2D eigenvalue weighted by Gasteiger charge is -2.31. The third-order valence-corrected chi connectivity index (χ3v) is 3.86. The maximum Gasteiger partial charge on any atom is 0.0471 e. The Morgan fingerprint density at radius 2 is 2.18 bits per heavy atom. The van der Waals surface area contributed by atoms with E-state index in [1.807, 2.05) is 12.1 Å². The Morgan fingerprint density at radius 1 is 1.35 bits per heavy atom. The van der Waals surface area contributed by atoms with E-state index in [-0.39, 0.29) is 6.61 Å². The highest BCUT2D eigenvalue weighted by Gasteiger charge is 2.19. The van der Waals surface area contributed by atoms with E-state index in [2.05, 4.69) is 4.90 Å². The van der Waals surface area contributed by atoms with Gasteiger partial charge in [0.15, 0.2) is 0 Å². The van der Waals surface area contributed by atoms with Crippen molar-refractivity contribution in [1.82, 2.24) is 4.90 Å². The van der Waals surface area contributed by atoms with E-state index < -0.39 is 0 Å². The van der Waals surface area contributed by atoms with Crippen molar-refractivity contribution in [2.45, 2.75) is 19.4 Å². The Hall–Kier alpha value is -0.280. The van der Waals surface area contributed by atoms with Crippen molar-refractivity contribution in [2.75, 3.05) is 19.7 Å². The summed E-state index contributed by atoms with van der Waals surface area (Å²) < 4.78 is 0. The van der Waals surface area contributed by atoms with Crippen LogP contribution in [-0.4, -0.2) is 29.7 Å². The van der Waals surface area contributed by atoms with Gasteiger partial charge in [0.05, 0.1) is 0 Å². The molecule has 0 bridgehead atoms. The smallest absolute Gasteiger partial charge is 0.0471 e. The molecular formula is C13H17Cl2NO. The summed E-state index contributed by atoms with van der Waals surface area (Å²) in [4.78, 5) is 2.35. The van der Waals surface area contributed by atoms with Gasteiger partial charge >= 0.3 is 0 Å². The number of benzene rings is 1. The summed E-state index contributed by atoms with van der Waals surface area (Å²) in [6.07, 6.45) is 2.28. The first-order chi connectivity index (χ1) is 8.19. The van der Waals surface area contributed by atoms with Crippen molar-refractivity contribution in [1.29, 1.82) is 0 Å². The minimum absolute atomic E-state index is 0.283. The second-order valence-electron chi connectivity index (χ2n) is 4.66. The minimum atomic E-state index is 0.283. The van der Waals surface area contributed by atoms with E-state index >= 15 is 0 Å². The van der Waals surface area contributed by atoms with Crippen LogP contribution >= 0.6 is 23.2 Å². The van der Waals surface area contributed by atoms with E-state index in [0.717, 1.165) is 43.1 Å². The highest BCUT2D eigenvalue weighted by Crippen LogP contribution is 2.24. The van der Waals surface area contributed by atoms with Gasteiger partial charge in [0.25, 0.3) is 0 Å². The largest absolute Gasteiger partial charge is 0.396 e. The molecule has 0 aromatic heterocycles. The number of rotatable bonds is 3. The second-order valence-corrected chi connectivity index (χ2v) is 5.51. The number of hydrogen-bond acceptors (Lipinski definition) is 2. The minimum Gasteiger partial charge on any atom is -0.396 e. The SMILES string of the molecule is OC[C@H]1CCCN(Cc2ccc(Cl)cc2Cl)C1. The molecule has 0 aliphatic carbocycles. The van der Waals surface area contributed by atoms with Crippen molar-refractivity contribution in [3.05, 3.63) is 33.8 Å². The molecule has 17 heavy (non-hydrogen) atoms. The first-order valence-corrected chi connectivity index (χ1v) is 6.72. The monoisotopic (exact) mass is 273 g/mol. The third-order valence-electron chi connectivity index (χ3n) is 3.27. The number of halogens is 2. The molecule has 1 saturated heterocycles. The fraction of sp³-hybridized carbons (Fsp3) is 0.538. The summed E-state index contributed by atoms with van der Waals surface area (Å²) in [5.41, 5.74) is 1.11. The van der Waals surface area contributed by atoms with Gasteiger partial charge < -0.3 is 5.11 Å². The predicted molar refractivity (Wildman–Crippen MR) is 71.5 cm³/mol. The van der Waals surface area contributed by atoms with Gasteiger partial charge in [-0.15, -0.1) is 0 Å². The molecule has 1 atom stereocenters. The molecule has 1 aliphatic rings. The maximum atomic E-state index is 9.20. The zero-order chi connectivity index (χ0) is 12.3. The van der Waals surface area contributed by atoms with Crippen LogP contribution in [0.15, 0.2) is 18.2 Å². The van der Waals surface area contributed by atoms with Gasteiger partial charge in [0.2, 0.25) is 0 Å². The van der Waals surface area contributed by atoms with Gasteiger partial charge in [-0.3, -0.25) is 4.90 Å². The van der Waals surface area contributed by atoms with Crippen molar-refractivity contribution in [2.24, 2.45) is 5.92 Å². The lowest BCUT2D eigenvalue weighted by molar-refractivity contribution is 0.116. The zero-order valence-electron chi connectivity index (χ0n) is 9.70. The highest BCUT2D eigenvalue weighted by molar-refractivity contribution is 6.35. The average Bonchev–Trinajstić information content (AvgIpc) is 2.33. The van der Waals surface area contributed by atoms with Crippen molar-refractivity contribution < 1.29 is 5.11 Å². The molecule has 2 nitrogen and oxygen atoms in total. The molecule has 0 unspecified atom stereocenters. The summed E-state index contributed by atoms with van der Waals surface area (Å²) in [5.74, 6) is 0.412. The zero-order valence-corrected chi connectivity index (χ0v) is 11.2. The number of hydrogen-bond donors (Lipinski definition) is 1. The Labute approximate surface area is 112 Å². The third kappa shape index (κ3) is 3.59. The Bertz CT molecular complexity index is 384. The molecule has 0 saturated carbocycles. The Morgan fingerprint density at radius 3 is 2.88 bits per heavy atom. The van der Waals surface area contributed by atoms with Gasteiger partial charge in [-0.25, -0.2) is 0 Å². The molecule has 2 rings (SSSR count). The van der Waals surface area contributed by atoms with Gasteiger partial charge in [0, 0.05) is 29.7 Å². The molecule has 1 aromatic carbocycles. The van der Waals surface area contributed by atoms with Crippen LogP contribution in [0.4, 0.5) is 0 Å². The molecular weight excluding hydrogens is 257 g/mol. The normalized spacial score (nSPS) is 21.7. The quantitative estimate of drug-likeness (QED) is 0.915. The molecule has 1 fully saturated rings. The molecule has 1 N–H and O–H groups in total. The van der Waals surface area contributed by atoms with E-state index in [1.54, 1.807) is 6.07 Å². The van der Waals surface area contributed by atoms with Gasteiger partial charge in [-0.1, -0.05) is 29.3 Å². The van der Waals surface area contributed by atoms with E-state index in [0.29, 0.717) is 10.9 Å². The Balaban J connectivity index is 2.00. The summed E-state index contributed by atoms with van der Waals surface area (Å²) >= 11 is 12.0. The van der Waals surface area contributed by atoms with Crippen molar-refractivity contribution in [3.8, 4) is 0 Å². The van der Waals surface area contributed by atoms with Crippen LogP contribution in [0.3, 0.4) is 0 Å². The van der Waals surface area contributed by atoms with Gasteiger partial charge in [-0.2, -0.15) is 0 Å².